The van der Waals surface area contributed by atoms with Crippen LogP contribution >= 0.6 is 0 Å². The first-order chi connectivity index (χ1) is 14.8. The summed E-state index contributed by atoms with van der Waals surface area (Å²) >= 11 is 0. The van der Waals surface area contributed by atoms with Crippen LogP contribution < -0.4 is 4.57 Å². The van der Waals surface area contributed by atoms with Crippen LogP contribution in [-0.2, 0) is 7.05 Å². The molecule has 0 spiro atoms. The fourth-order valence-corrected chi connectivity index (χ4v) is 4.82. The van der Waals surface area contributed by atoms with Crippen molar-refractivity contribution in [1.82, 2.24) is 4.98 Å². The standard InChI is InChI=1S/C28H54N2/c1-4-6-8-10-12-14-16-18-20-22-24-27(28-29-25-26-30(28)3)23-21-19-17-15-13-11-9-7-5-2/h25-27H,4-24H2,1-3H3/p+1/t27-/m0/s1. The van der Waals surface area contributed by atoms with E-state index in [-0.39, 0.29) is 0 Å². The minimum absolute atomic E-state index is 0.726. The summed E-state index contributed by atoms with van der Waals surface area (Å²) in [5.74, 6) is 2.18. The zero-order valence-electron chi connectivity index (χ0n) is 21.0. The van der Waals surface area contributed by atoms with Gasteiger partial charge in [-0.1, -0.05) is 136 Å². The lowest BCUT2D eigenvalue weighted by Crippen LogP contribution is -2.32. The second-order valence-corrected chi connectivity index (χ2v) is 9.74. The first-order valence-corrected chi connectivity index (χ1v) is 13.8. The molecule has 0 aliphatic rings. The van der Waals surface area contributed by atoms with E-state index in [2.05, 4.69) is 42.8 Å². The molecule has 176 valence electrons. The lowest BCUT2D eigenvalue weighted by molar-refractivity contribution is -0.679. The van der Waals surface area contributed by atoms with E-state index in [1.165, 1.54) is 141 Å². The van der Waals surface area contributed by atoms with Crippen molar-refractivity contribution >= 4 is 0 Å². The summed E-state index contributed by atoms with van der Waals surface area (Å²) in [6.07, 6.45) is 34.2. The SMILES string of the molecule is CCCCCCCCCCCC[C@H](CCCCCCCCCCC)c1[nH]cc[n+]1C. The molecule has 0 amide bonds. The van der Waals surface area contributed by atoms with Crippen molar-refractivity contribution in [2.24, 2.45) is 7.05 Å². The van der Waals surface area contributed by atoms with Gasteiger partial charge in [0, 0.05) is 0 Å². The summed E-state index contributed by atoms with van der Waals surface area (Å²) in [6, 6.07) is 0. The van der Waals surface area contributed by atoms with Gasteiger partial charge in [0.25, 0.3) is 5.82 Å². The fourth-order valence-electron chi connectivity index (χ4n) is 4.82. The number of H-pyrrole nitrogens is 1. The van der Waals surface area contributed by atoms with Crippen molar-refractivity contribution in [3.63, 3.8) is 0 Å². The number of aromatic amines is 1. The van der Waals surface area contributed by atoms with Crippen LogP contribution in [0.4, 0.5) is 0 Å². The number of aryl methyl sites for hydroxylation is 1. The van der Waals surface area contributed by atoms with Crippen molar-refractivity contribution in [3.8, 4) is 0 Å². The first kappa shape index (κ1) is 27.2. The van der Waals surface area contributed by atoms with Gasteiger partial charge >= 0.3 is 0 Å². The summed E-state index contributed by atoms with van der Waals surface area (Å²) in [5.41, 5.74) is 0. The molecule has 1 aromatic rings. The van der Waals surface area contributed by atoms with E-state index >= 15 is 0 Å². The maximum Gasteiger partial charge on any atom is 0.257 e. The molecule has 1 heterocycles. The second-order valence-electron chi connectivity index (χ2n) is 9.74. The van der Waals surface area contributed by atoms with Gasteiger partial charge in [0.1, 0.15) is 12.4 Å². The average Bonchev–Trinajstić information content (AvgIpc) is 3.18. The third kappa shape index (κ3) is 14.3. The highest BCUT2D eigenvalue weighted by Gasteiger charge is 2.20. The molecule has 1 rings (SSSR count). The Morgan fingerprint density at radius 3 is 1.30 bits per heavy atom. The van der Waals surface area contributed by atoms with Crippen LogP contribution in [0.5, 0.6) is 0 Å². The van der Waals surface area contributed by atoms with E-state index in [0.717, 1.165) is 5.92 Å². The molecule has 30 heavy (non-hydrogen) atoms. The summed E-state index contributed by atoms with van der Waals surface area (Å²) in [7, 11) is 2.20. The summed E-state index contributed by atoms with van der Waals surface area (Å²) < 4.78 is 2.31. The maximum absolute atomic E-state index is 3.53. The zero-order valence-corrected chi connectivity index (χ0v) is 21.0. The van der Waals surface area contributed by atoms with E-state index in [1.807, 2.05) is 0 Å². The van der Waals surface area contributed by atoms with Gasteiger partial charge in [0.2, 0.25) is 0 Å². The van der Waals surface area contributed by atoms with Crippen molar-refractivity contribution in [1.29, 1.82) is 0 Å². The molecular weight excluding hydrogens is 364 g/mol. The molecule has 2 nitrogen and oxygen atoms in total. The molecule has 2 heteroatoms. The molecule has 1 N–H and O–H groups in total. The molecule has 0 aromatic carbocycles. The fraction of sp³-hybridized carbons (Fsp3) is 0.893. The number of hydrogen-bond acceptors (Lipinski definition) is 0. The van der Waals surface area contributed by atoms with Gasteiger partial charge in [0.05, 0.1) is 13.0 Å². The summed E-state index contributed by atoms with van der Waals surface area (Å²) in [6.45, 7) is 4.60. The van der Waals surface area contributed by atoms with Crippen molar-refractivity contribution in [2.75, 3.05) is 0 Å². The Balaban J connectivity index is 2.12. The van der Waals surface area contributed by atoms with Gasteiger partial charge in [-0.25, -0.2) is 9.55 Å². The third-order valence-electron chi connectivity index (χ3n) is 6.86. The number of aromatic nitrogens is 2. The van der Waals surface area contributed by atoms with Crippen LogP contribution in [0, 0.1) is 0 Å². The molecule has 0 aliphatic heterocycles. The largest absolute Gasteiger partial charge is 0.257 e. The molecule has 0 bridgehead atoms. The van der Waals surface area contributed by atoms with Crippen LogP contribution in [0.25, 0.3) is 0 Å². The van der Waals surface area contributed by atoms with Crippen LogP contribution in [0.2, 0.25) is 0 Å². The van der Waals surface area contributed by atoms with Crippen molar-refractivity contribution in [2.45, 2.75) is 155 Å². The Bertz CT molecular complexity index is 465. The predicted octanol–water partition coefficient (Wildman–Crippen LogP) is 9.15. The predicted molar refractivity (Wildman–Crippen MR) is 133 cm³/mol. The van der Waals surface area contributed by atoms with E-state index < -0.39 is 0 Å². The molecule has 1 atom stereocenters. The van der Waals surface area contributed by atoms with Gasteiger partial charge in [0.15, 0.2) is 0 Å². The second kappa shape index (κ2) is 20.1. The van der Waals surface area contributed by atoms with Gasteiger partial charge in [-0.15, -0.1) is 0 Å². The van der Waals surface area contributed by atoms with Gasteiger partial charge in [-0.05, 0) is 12.8 Å². The molecule has 0 radical (unpaired) electrons. The smallest absolute Gasteiger partial charge is 0.247 e. The highest BCUT2D eigenvalue weighted by Crippen LogP contribution is 2.26. The van der Waals surface area contributed by atoms with E-state index in [0.29, 0.717) is 0 Å². The highest BCUT2D eigenvalue weighted by molar-refractivity contribution is 4.89. The number of nitrogens with one attached hydrogen (secondary N) is 1. The van der Waals surface area contributed by atoms with Crippen LogP contribution in [0.3, 0.4) is 0 Å². The Hall–Kier alpha value is -0.790. The van der Waals surface area contributed by atoms with Crippen LogP contribution in [0.15, 0.2) is 12.4 Å². The number of unbranched alkanes of at least 4 members (excludes halogenated alkanes) is 17. The van der Waals surface area contributed by atoms with Crippen molar-refractivity contribution < 1.29 is 4.57 Å². The van der Waals surface area contributed by atoms with E-state index in [9.17, 15) is 0 Å². The Morgan fingerprint density at radius 1 is 0.600 bits per heavy atom. The molecule has 1 aromatic heterocycles. The zero-order chi connectivity index (χ0) is 21.7. The lowest BCUT2D eigenvalue weighted by Gasteiger charge is -2.13. The van der Waals surface area contributed by atoms with Crippen LogP contribution in [0.1, 0.15) is 160 Å². The molecule has 0 fully saturated rings. The average molecular weight is 420 g/mol. The molecule has 0 unspecified atom stereocenters. The van der Waals surface area contributed by atoms with Crippen LogP contribution in [-0.4, -0.2) is 4.98 Å². The van der Waals surface area contributed by atoms with E-state index in [4.69, 9.17) is 0 Å². The summed E-state index contributed by atoms with van der Waals surface area (Å²) in [4.78, 5) is 3.53. The number of rotatable bonds is 22. The minimum atomic E-state index is 0.726. The Labute approximate surface area is 189 Å². The number of hydrogen-bond donors (Lipinski definition) is 1. The van der Waals surface area contributed by atoms with Gasteiger partial charge in [-0.3, -0.25) is 0 Å². The van der Waals surface area contributed by atoms with E-state index in [1.54, 1.807) is 0 Å². The van der Waals surface area contributed by atoms with Crippen molar-refractivity contribution in [3.05, 3.63) is 18.2 Å². The first-order valence-electron chi connectivity index (χ1n) is 13.8. The van der Waals surface area contributed by atoms with Gasteiger partial charge in [-0.2, -0.15) is 0 Å². The maximum atomic E-state index is 3.53. The minimum Gasteiger partial charge on any atom is -0.247 e. The molecule has 0 saturated carbocycles. The monoisotopic (exact) mass is 419 g/mol. The Morgan fingerprint density at radius 2 is 0.967 bits per heavy atom. The normalized spacial score (nSPS) is 12.5. The lowest BCUT2D eigenvalue weighted by atomic mass is 9.93. The molecular formula is C28H55N2+. The molecule has 0 saturated heterocycles. The Kier molecular flexibility index (Phi) is 18.3. The van der Waals surface area contributed by atoms with Gasteiger partial charge < -0.3 is 0 Å². The quantitative estimate of drug-likeness (QED) is 0.143. The highest BCUT2D eigenvalue weighted by atomic mass is 15.0. The molecule has 0 aliphatic carbocycles. The number of nitrogens with zero attached hydrogens (tertiary/aromatic N) is 1. The number of imidazole rings is 1. The third-order valence-corrected chi connectivity index (χ3v) is 6.86. The topological polar surface area (TPSA) is 19.7 Å². The summed E-state index contributed by atoms with van der Waals surface area (Å²) in [5, 5.41) is 0.